The van der Waals surface area contributed by atoms with Gasteiger partial charge in [-0.25, -0.2) is 0 Å². The molecule has 1 aromatic carbocycles. The molecule has 0 aliphatic rings. The van der Waals surface area contributed by atoms with Gasteiger partial charge in [0.15, 0.2) is 0 Å². The first-order chi connectivity index (χ1) is 13.8. The van der Waals surface area contributed by atoms with Crippen molar-refractivity contribution in [3.05, 3.63) is 30.3 Å². The van der Waals surface area contributed by atoms with Crippen molar-refractivity contribution in [2.24, 2.45) is 0 Å². The van der Waals surface area contributed by atoms with E-state index < -0.39 is 56.9 Å². The topological polar surface area (TPSA) is 43.4 Å². The summed E-state index contributed by atoms with van der Waals surface area (Å²) in [4.78, 5) is -1.47. The molecule has 3 nitrogen and oxygen atoms in total. The van der Waals surface area contributed by atoms with E-state index in [-0.39, 0.29) is 31.0 Å². The zero-order valence-electron chi connectivity index (χ0n) is 16.2. The third-order valence-corrected chi connectivity index (χ3v) is 4.82. The summed E-state index contributed by atoms with van der Waals surface area (Å²) in [6, 6.07) is 3.12. The molecule has 0 aromatic heterocycles. The van der Waals surface area contributed by atoms with Gasteiger partial charge < -0.3 is 1.43 Å². The summed E-state index contributed by atoms with van der Waals surface area (Å²) in [7, 11) is -6.22. The second-order valence-corrected chi connectivity index (χ2v) is 7.28. The molecule has 0 atom stereocenters. The number of benzene rings is 1. The van der Waals surface area contributed by atoms with E-state index in [0.717, 1.165) is 18.2 Å². The van der Waals surface area contributed by atoms with Crippen LogP contribution in [0.3, 0.4) is 0 Å². The Morgan fingerprint density at radius 1 is 0.576 bits per heavy atom. The summed E-state index contributed by atoms with van der Waals surface area (Å²) in [5, 5.41) is 0. The maximum Gasteiger partial charge on any atom is 1.00 e. The molecular formula is C13H6F15NaO3S. The summed E-state index contributed by atoms with van der Waals surface area (Å²) in [6.07, 6.45) is -15.1. The Kier molecular flexibility index (Phi) is 8.69. The fourth-order valence-electron chi connectivity index (χ4n) is 1.78. The van der Waals surface area contributed by atoms with Crippen LogP contribution in [-0.4, -0.2) is 50.3 Å². The SMILES string of the molecule is O=S(=O)(OC(F)(F)C(F)(F)C(F)(F)C(F)(F)C(F)(F)C(F)(F)C(F)(F)F)c1ccccc1.[H-].[Na+]. The average Bonchev–Trinajstić information content (AvgIpc) is 2.59. The van der Waals surface area contributed by atoms with Crippen molar-refractivity contribution in [3.8, 4) is 0 Å². The van der Waals surface area contributed by atoms with Gasteiger partial charge in [0.1, 0.15) is 0 Å². The maximum atomic E-state index is 13.5. The van der Waals surface area contributed by atoms with Crippen molar-refractivity contribution in [2.45, 2.75) is 46.8 Å². The first-order valence-electron chi connectivity index (χ1n) is 7.15. The Morgan fingerprint density at radius 3 is 1.27 bits per heavy atom. The fourth-order valence-corrected chi connectivity index (χ4v) is 2.74. The smallest absolute Gasteiger partial charge is 1.00 e. The number of alkyl halides is 15. The minimum atomic E-state index is -8.54. The molecule has 0 saturated carbocycles. The third kappa shape index (κ3) is 4.92. The monoisotopic (exact) mass is 550 g/mol. The van der Waals surface area contributed by atoms with Crippen molar-refractivity contribution < 1.29 is 109 Å². The van der Waals surface area contributed by atoms with Gasteiger partial charge in [-0.05, 0) is 12.1 Å². The Hall–Kier alpha value is -0.920. The molecule has 0 aliphatic carbocycles. The molecule has 0 unspecified atom stereocenters. The van der Waals surface area contributed by atoms with E-state index in [1.54, 1.807) is 0 Å². The number of hydrogen-bond acceptors (Lipinski definition) is 3. The molecule has 0 bridgehead atoms. The molecule has 0 fully saturated rings. The molecule has 33 heavy (non-hydrogen) atoms. The predicted octanol–water partition coefficient (Wildman–Crippen LogP) is 2.84. The van der Waals surface area contributed by atoms with Gasteiger partial charge in [0.25, 0.3) is 0 Å². The van der Waals surface area contributed by atoms with E-state index in [1.807, 2.05) is 0 Å². The molecule has 0 heterocycles. The van der Waals surface area contributed by atoms with E-state index in [2.05, 4.69) is 4.18 Å². The van der Waals surface area contributed by atoms with Gasteiger partial charge in [-0.15, -0.1) is 0 Å². The molecule has 20 heteroatoms. The first-order valence-corrected chi connectivity index (χ1v) is 8.56. The quantitative estimate of drug-likeness (QED) is 0.284. The number of rotatable bonds is 8. The minimum Gasteiger partial charge on any atom is -1.00 e. The molecule has 1 rings (SSSR count). The predicted molar refractivity (Wildman–Crippen MR) is 71.6 cm³/mol. The van der Waals surface area contributed by atoms with E-state index >= 15 is 0 Å². The number of hydrogen-bond donors (Lipinski definition) is 0. The van der Waals surface area contributed by atoms with Crippen LogP contribution in [0.15, 0.2) is 35.2 Å². The van der Waals surface area contributed by atoms with E-state index in [1.165, 1.54) is 0 Å². The zero-order valence-corrected chi connectivity index (χ0v) is 18.0. The van der Waals surface area contributed by atoms with Crippen LogP contribution in [0.2, 0.25) is 0 Å². The third-order valence-electron chi connectivity index (χ3n) is 3.55. The molecule has 0 spiro atoms. The average molecular weight is 550 g/mol. The first kappa shape index (κ1) is 32.1. The summed E-state index contributed by atoms with van der Waals surface area (Å²) in [5.74, 6) is -41.6. The van der Waals surface area contributed by atoms with Crippen molar-refractivity contribution >= 4 is 10.1 Å². The van der Waals surface area contributed by atoms with Crippen LogP contribution in [0, 0.1) is 0 Å². The standard InChI is InChI=1S/C13H5F15O3S.Na.H/c14-7(15,8(16,17)10(20,21)12(24,25)26)9(18,19)11(22,23)13(27,28)31-32(29,30)6-4-2-1-3-5-6;;/h1-5H;;/q;+1;-1. The van der Waals surface area contributed by atoms with E-state index in [0.29, 0.717) is 12.1 Å². The van der Waals surface area contributed by atoms with Gasteiger partial charge in [-0.3, -0.25) is 0 Å². The van der Waals surface area contributed by atoms with Gasteiger partial charge in [-0.1, -0.05) is 18.2 Å². The summed E-state index contributed by atoms with van der Waals surface area (Å²) in [6.45, 7) is 0. The molecule has 0 radical (unpaired) electrons. The van der Waals surface area contributed by atoms with E-state index in [9.17, 15) is 74.3 Å². The Bertz CT molecular complexity index is 935. The van der Waals surface area contributed by atoms with Gasteiger partial charge in [0.2, 0.25) is 0 Å². The van der Waals surface area contributed by atoms with Crippen LogP contribution >= 0.6 is 0 Å². The Morgan fingerprint density at radius 2 is 0.909 bits per heavy atom. The van der Waals surface area contributed by atoms with Crippen LogP contribution in [0.5, 0.6) is 0 Å². The molecule has 0 saturated heterocycles. The fraction of sp³-hybridized carbons (Fsp3) is 0.538. The van der Waals surface area contributed by atoms with Crippen LogP contribution < -0.4 is 29.6 Å². The van der Waals surface area contributed by atoms with Gasteiger partial charge in [0, 0.05) is 0 Å². The summed E-state index contributed by atoms with van der Waals surface area (Å²) >= 11 is 0. The van der Waals surface area contributed by atoms with Crippen molar-refractivity contribution in [3.63, 3.8) is 0 Å². The van der Waals surface area contributed by atoms with Gasteiger partial charge in [-0.2, -0.15) is 78.5 Å². The molecule has 188 valence electrons. The largest absolute Gasteiger partial charge is 1.00 e. The summed E-state index contributed by atoms with van der Waals surface area (Å²) in [5.41, 5.74) is 0. The minimum absolute atomic E-state index is 0. The van der Waals surface area contributed by atoms with Crippen LogP contribution in [0.4, 0.5) is 65.9 Å². The van der Waals surface area contributed by atoms with Crippen molar-refractivity contribution in [1.82, 2.24) is 0 Å². The van der Waals surface area contributed by atoms with E-state index in [4.69, 9.17) is 0 Å². The maximum absolute atomic E-state index is 13.5. The molecule has 0 aliphatic heterocycles. The normalized spacial score (nSPS) is 15.2. The van der Waals surface area contributed by atoms with Gasteiger partial charge in [0.05, 0.1) is 4.90 Å². The Balaban J connectivity index is 0. The van der Waals surface area contributed by atoms with Crippen molar-refractivity contribution in [2.75, 3.05) is 0 Å². The second kappa shape index (κ2) is 8.94. The van der Waals surface area contributed by atoms with Gasteiger partial charge >= 0.3 is 81.6 Å². The molecule has 0 N–H and O–H groups in total. The zero-order chi connectivity index (χ0) is 25.8. The Labute approximate surface area is 196 Å². The molecular weight excluding hydrogens is 544 g/mol. The molecule has 1 aromatic rings. The number of halogens is 15. The second-order valence-electron chi connectivity index (χ2n) is 5.74. The van der Waals surface area contributed by atoms with Crippen LogP contribution in [-0.2, 0) is 14.3 Å². The van der Waals surface area contributed by atoms with Crippen molar-refractivity contribution in [1.29, 1.82) is 0 Å². The molecule has 0 amide bonds. The summed E-state index contributed by atoms with van der Waals surface area (Å²) < 4.78 is 220. The van der Waals surface area contributed by atoms with Crippen LogP contribution in [0.1, 0.15) is 1.43 Å². The van der Waals surface area contributed by atoms with Crippen LogP contribution in [0.25, 0.3) is 0 Å².